The highest BCUT2D eigenvalue weighted by molar-refractivity contribution is 5.90. The third-order valence-electron chi connectivity index (χ3n) is 6.87. The first-order valence-corrected chi connectivity index (χ1v) is 13.5. The lowest BCUT2D eigenvalue weighted by molar-refractivity contribution is -0.143. The molecule has 42 heavy (non-hydrogen) atoms. The summed E-state index contributed by atoms with van der Waals surface area (Å²) in [6, 6.07) is 18.6. The second-order valence-corrected chi connectivity index (χ2v) is 9.96. The zero-order valence-corrected chi connectivity index (χ0v) is 23.3. The normalized spacial score (nSPS) is 12.5. The summed E-state index contributed by atoms with van der Waals surface area (Å²) in [6.07, 6.45) is -9.14. The van der Waals surface area contributed by atoms with E-state index in [-0.39, 0.29) is 24.9 Å². The van der Waals surface area contributed by atoms with Crippen LogP contribution in [0.2, 0.25) is 0 Å². The zero-order valence-electron chi connectivity index (χ0n) is 23.3. The molecule has 3 aromatic carbocycles. The second-order valence-electron chi connectivity index (χ2n) is 9.96. The Morgan fingerprint density at radius 1 is 0.786 bits per heavy atom. The van der Waals surface area contributed by atoms with Gasteiger partial charge in [0.25, 0.3) is 0 Å². The minimum Gasteiger partial charge on any atom is -0.338 e. The van der Waals surface area contributed by atoms with Crippen LogP contribution in [-0.2, 0) is 30.1 Å². The van der Waals surface area contributed by atoms with Crippen LogP contribution in [0.4, 0.5) is 36.8 Å². The van der Waals surface area contributed by atoms with E-state index in [0.29, 0.717) is 38.1 Å². The third kappa shape index (κ3) is 9.53. The number of urea groups is 1. The molecule has 1 unspecified atom stereocenters. The molecule has 0 fully saturated rings. The number of alkyl halides is 6. The van der Waals surface area contributed by atoms with Crippen molar-refractivity contribution in [1.29, 1.82) is 0 Å². The largest absolute Gasteiger partial charge is 0.416 e. The van der Waals surface area contributed by atoms with Crippen LogP contribution in [0.25, 0.3) is 0 Å². The molecule has 3 rings (SSSR count). The first-order chi connectivity index (χ1) is 19.8. The Morgan fingerprint density at radius 2 is 1.31 bits per heavy atom. The summed E-state index contributed by atoms with van der Waals surface area (Å²) >= 11 is 0. The highest BCUT2D eigenvalue weighted by atomic mass is 19.4. The molecule has 5 nitrogen and oxygen atoms in total. The molecule has 3 amide bonds. The van der Waals surface area contributed by atoms with Crippen molar-refractivity contribution in [3.63, 3.8) is 0 Å². The average Bonchev–Trinajstić information content (AvgIpc) is 2.95. The van der Waals surface area contributed by atoms with E-state index in [2.05, 4.69) is 5.32 Å². The van der Waals surface area contributed by atoms with Crippen LogP contribution in [0.3, 0.4) is 0 Å². The number of hydrogen-bond donors (Lipinski definition) is 1. The van der Waals surface area contributed by atoms with Gasteiger partial charge < -0.3 is 15.1 Å². The number of hydrogen-bond acceptors (Lipinski definition) is 2. The van der Waals surface area contributed by atoms with Gasteiger partial charge in [-0.25, -0.2) is 4.79 Å². The van der Waals surface area contributed by atoms with Gasteiger partial charge in [-0.05, 0) is 49.1 Å². The fourth-order valence-electron chi connectivity index (χ4n) is 4.34. The van der Waals surface area contributed by atoms with E-state index >= 15 is 0 Å². The maximum absolute atomic E-state index is 13.4. The lowest BCUT2D eigenvalue weighted by Crippen LogP contribution is -2.44. The van der Waals surface area contributed by atoms with Crippen molar-refractivity contribution in [2.24, 2.45) is 0 Å². The molecule has 0 aliphatic rings. The van der Waals surface area contributed by atoms with Crippen LogP contribution in [0, 0.1) is 0 Å². The zero-order chi connectivity index (χ0) is 30.9. The quantitative estimate of drug-likeness (QED) is 0.229. The van der Waals surface area contributed by atoms with Crippen molar-refractivity contribution >= 4 is 17.6 Å². The Morgan fingerprint density at radius 3 is 1.81 bits per heavy atom. The van der Waals surface area contributed by atoms with Crippen molar-refractivity contribution in [1.82, 2.24) is 9.80 Å². The number of anilines is 1. The number of nitrogens with zero attached hydrogens (tertiary/aromatic N) is 2. The summed E-state index contributed by atoms with van der Waals surface area (Å²) in [4.78, 5) is 29.5. The van der Waals surface area contributed by atoms with Gasteiger partial charge in [-0.15, -0.1) is 0 Å². The molecule has 1 N–H and O–H groups in total. The SMILES string of the molecule is CCC(C)N(CCC(=O)N(CCc1ccccc1)Cc1ccccc1)C(=O)Nc1cc(C(F)(F)F)cc(C(F)(F)F)c1. The molecule has 0 heterocycles. The summed E-state index contributed by atoms with van der Waals surface area (Å²) in [5.74, 6) is -0.241. The molecule has 0 radical (unpaired) electrons. The van der Waals surface area contributed by atoms with Gasteiger partial charge in [-0.2, -0.15) is 26.3 Å². The molecule has 0 aliphatic heterocycles. The van der Waals surface area contributed by atoms with E-state index in [1.165, 1.54) is 4.90 Å². The van der Waals surface area contributed by atoms with Crippen LogP contribution in [0.15, 0.2) is 78.9 Å². The molecule has 0 spiro atoms. The molecule has 3 aromatic rings. The lowest BCUT2D eigenvalue weighted by atomic mass is 10.1. The molecule has 0 saturated carbocycles. The van der Waals surface area contributed by atoms with Crippen molar-refractivity contribution in [2.45, 2.75) is 58.0 Å². The Hall–Kier alpha value is -4.02. The summed E-state index contributed by atoms with van der Waals surface area (Å²) in [5.41, 5.74) is -1.75. The van der Waals surface area contributed by atoms with E-state index in [4.69, 9.17) is 0 Å². The molecular formula is C31H33F6N3O2. The Bertz CT molecular complexity index is 1280. The maximum Gasteiger partial charge on any atom is 0.416 e. The molecule has 11 heteroatoms. The molecule has 226 valence electrons. The molecule has 0 aliphatic carbocycles. The fraction of sp³-hybridized carbons (Fsp3) is 0.355. The van der Waals surface area contributed by atoms with Gasteiger partial charge in [0.05, 0.1) is 11.1 Å². The van der Waals surface area contributed by atoms with E-state index in [1.54, 1.807) is 18.7 Å². The van der Waals surface area contributed by atoms with Gasteiger partial charge in [0.1, 0.15) is 0 Å². The van der Waals surface area contributed by atoms with Crippen LogP contribution in [0.5, 0.6) is 0 Å². The van der Waals surface area contributed by atoms with Crippen LogP contribution >= 0.6 is 0 Å². The lowest BCUT2D eigenvalue weighted by Gasteiger charge is -2.30. The van der Waals surface area contributed by atoms with Gasteiger partial charge >= 0.3 is 18.4 Å². The minimum atomic E-state index is -5.05. The van der Waals surface area contributed by atoms with E-state index < -0.39 is 41.2 Å². The number of nitrogens with one attached hydrogen (secondary N) is 1. The summed E-state index contributed by atoms with van der Waals surface area (Å²) in [7, 11) is 0. The van der Waals surface area contributed by atoms with E-state index in [9.17, 15) is 35.9 Å². The summed E-state index contributed by atoms with van der Waals surface area (Å²) < 4.78 is 79.8. The summed E-state index contributed by atoms with van der Waals surface area (Å²) in [5, 5.41) is 2.18. The Labute approximate surface area is 241 Å². The number of amides is 3. The van der Waals surface area contributed by atoms with Crippen LogP contribution in [-0.4, -0.2) is 40.9 Å². The van der Waals surface area contributed by atoms with Gasteiger partial charge in [0.15, 0.2) is 0 Å². The average molecular weight is 594 g/mol. The van der Waals surface area contributed by atoms with Gasteiger partial charge in [-0.3, -0.25) is 4.79 Å². The topological polar surface area (TPSA) is 52.7 Å². The first-order valence-electron chi connectivity index (χ1n) is 13.5. The summed E-state index contributed by atoms with van der Waals surface area (Å²) in [6.45, 7) is 4.14. The van der Waals surface area contributed by atoms with Crippen molar-refractivity contribution in [3.05, 3.63) is 101 Å². The van der Waals surface area contributed by atoms with Crippen molar-refractivity contribution in [2.75, 3.05) is 18.4 Å². The van der Waals surface area contributed by atoms with Crippen molar-refractivity contribution in [3.8, 4) is 0 Å². The number of rotatable bonds is 11. The van der Waals surface area contributed by atoms with Crippen LogP contribution in [0.1, 0.15) is 48.9 Å². The third-order valence-corrected chi connectivity index (χ3v) is 6.87. The monoisotopic (exact) mass is 593 g/mol. The predicted octanol–water partition coefficient (Wildman–Crippen LogP) is 8.02. The Balaban J connectivity index is 1.77. The van der Waals surface area contributed by atoms with Gasteiger partial charge in [-0.1, -0.05) is 67.6 Å². The molecule has 0 aromatic heterocycles. The van der Waals surface area contributed by atoms with E-state index in [1.807, 2.05) is 60.7 Å². The van der Waals surface area contributed by atoms with Gasteiger partial charge in [0.2, 0.25) is 5.91 Å². The fourth-order valence-corrected chi connectivity index (χ4v) is 4.34. The number of carbonyl (C=O) groups is 2. The predicted molar refractivity (Wildman–Crippen MR) is 149 cm³/mol. The maximum atomic E-state index is 13.4. The van der Waals surface area contributed by atoms with Crippen molar-refractivity contribution < 1.29 is 35.9 Å². The standard InChI is InChI=1S/C31H33F6N3O2/c1-3-22(2)40(29(42)38-27-19-25(30(32,33)34)18-26(20-27)31(35,36)37)17-15-28(41)39(21-24-12-8-5-9-13-24)16-14-23-10-6-4-7-11-23/h4-13,18-20,22H,3,14-17,21H2,1-2H3,(H,38,42). The number of benzene rings is 3. The highest BCUT2D eigenvalue weighted by Gasteiger charge is 2.37. The first kappa shape index (κ1) is 32.5. The van der Waals surface area contributed by atoms with E-state index in [0.717, 1.165) is 11.1 Å². The highest BCUT2D eigenvalue weighted by Crippen LogP contribution is 2.37. The minimum absolute atomic E-state index is 0.00245. The molecule has 0 bridgehead atoms. The van der Waals surface area contributed by atoms with Gasteiger partial charge in [0, 0.05) is 37.8 Å². The number of carbonyl (C=O) groups excluding carboxylic acids is 2. The smallest absolute Gasteiger partial charge is 0.338 e. The number of halogens is 6. The van der Waals surface area contributed by atoms with Crippen LogP contribution < -0.4 is 5.32 Å². The Kier molecular flexibility index (Phi) is 11.0. The second kappa shape index (κ2) is 14.2. The molecule has 0 saturated heterocycles. The molecule has 1 atom stereocenters. The molecular weight excluding hydrogens is 560 g/mol.